The van der Waals surface area contributed by atoms with Gasteiger partial charge in [-0.25, -0.2) is 0 Å². The fraction of sp³-hybridized carbons (Fsp3) is 0.0769. The number of hydrogen-bond donors (Lipinski definition) is 0. The summed E-state index contributed by atoms with van der Waals surface area (Å²) in [5.41, 5.74) is 27.6. The molecule has 17 rings (SSSR count). The zero-order chi connectivity index (χ0) is 54.6. The van der Waals surface area contributed by atoms with Gasteiger partial charge in [0.1, 0.15) is 22.3 Å². The van der Waals surface area contributed by atoms with Gasteiger partial charge in [-0.15, -0.1) is 0 Å². The summed E-state index contributed by atoms with van der Waals surface area (Å²) in [6.07, 6.45) is 0. The van der Waals surface area contributed by atoms with Gasteiger partial charge in [0.25, 0.3) is 0 Å². The highest BCUT2D eigenvalue weighted by molar-refractivity contribution is 6.13. The van der Waals surface area contributed by atoms with E-state index < -0.39 is 0 Å². The van der Waals surface area contributed by atoms with Crippen molar-refractivity contribution in [2.45, 2.75) is 38.5 Å². The van der Waals surface area contributed by atoms with E-state index in [1.54, 1.807) is 0 Å². The summed E-state index contributed by atoms with van der Waals surface area (Å²) in [5.74, 6) is 0. The first-order chi connectivity index (χ1) is 40.2. The van der Waals surface area contributed by atoms with Crippen LogP contribution < -0.4 is 4.90 Å². The second-order valence-electron chi connectivity index (χ2n) is 23.6. The van der Waals surface area contributed by atoms with Crippen LogP contribution in [0, 0.1) is 0 Å². The molecule has 4 heteroatoms. The van der Waals surface area contributed by atoms with Gasteiger partial charge in [-0.05, 0) is 158 Å². The molecular formula is C78H54N2O2. The van der Waals surface area contributed by atoms with Gasteiger partial charge < -0.3 is 18.3 Å². The Hall–Kier alpha value is -10.2. The van der Waals surface area contributed by atoms with Crippen molar-refractivity contribution >= 4 is 82.7 Å². The fourth-order valence-electron chi connectivity index (χ4n) is 14.3. The molecule has 0 saturated heterocycles. The Labute approximate surface area is 475 Å². The fourth-order valence-corrected chi connectivity index (χ4v) is 14.3. The van der Waals surface area contributed by atoms with Crippen LogP contribution in [0.25, 0.3) is 127 Å². The average Bonchev–Trinajstić information content (AvgIpc) is 3.89. The molecule has 0 spiro atoms. The van der Waals surface area contributed by atoms with Crippen LogP contribution in [0.2, 0.25) is 0 Å². The summed E-state index contributed by atoms with van der Waals surface area (Å²) in [7, 11) is 0. The van der Waals surface area contributed by atoms with Crippen LogP contribution in [0.15, 0.2) is 264 Å². The van der Waals surface area contributed by atoms with Crippen molar-refractivity contribution in [1.29, 1.82) is 0 Å². The smallest absolute Gasteiger partial charge is 0.143 e. The molecule has 4 nitrogen and oxygen atoms in total. The van der Waals surface area contributed by atoms with Gasteiger partial charge in [-0.1, -0.05) is 191 Å². The monoisotopic (exact) mass is 1050 g/mol. The van der Waals surface area contributed by atoms with Crippen LogP contribution >= 0.6 is 0 Å². The van der Waals surface area contributed by atoms with Gasteiger partial charge in [0.2, 0.25) is 0 Å². The topological polar surface area (TPSA) is 34.5 Å². The van der Waals surface area contributed by atoms with Crippen molar-refractivity contribution < 1.29 is 8.83 Å². The van der Waals surface area contributed by atoms with Gasteiger partial charge in [0.05, 0.1) is 16.7 Å². The Balaban J connectivity index is 0.809. The lowest BCUT2D eigenvalue weighted by molar-refractivity contribution is 0.660. The van der Waals surface area contributed by atoms with E-state index in [2.05, 4.69) is 268 Å². The van der Waals surface area contributed by atoms with E-state index >= 15 is 0 Å². The molecule has 0 N–H and O–H groups in total. The number of hydrogen-bond acceptors (Lipinski definition) is 3. The van der Waals surface area contributed by atoms with Crippen LogP contribution in [-0.4, -0.2) is 4.57 Å². The first-order valence-corrected chi connectivity index (χ1v) is 28.6. The molecule has 0 atom stereocenters. The molecule has 82 heavy (non-hydrogen) atoms. The third-order valence-electron chi connectivity index (χ3n) is 18.4. The van der Waals surface area contributed by atoms with Crippen molar-refractivity contribution in [3.63, 3.8) is 0 Å². The maximum absolute atomic E-state index is 6.50. The van der Waals surface area contributed by atoms with E-state index in [-0.39, 0.29) is 10.8 Å². The normalized spacial score (nSPS) is 13.8. The summed E-state index contributed by atoms with van der Waals surface area (Å²) in [5, 5.41) is 6.88. The van der Waals surface area contributed by atoms with E-state index in [9.17, 15) is 0 Å². The molecule has 12 aromatic carbocycles. The molecule has 2 aliphatic rings. The summed E-state index contributed by atoms with van der Waals surface area (Å²) < 4.78 is 15.2. The quantitative estimate of drug-likeness (QED) is 0.160. The van der Waals surface area contributed by atoms with Crippen LogP contribution in [0.5, 0.6) is 0 Å². The molecule has 0 fully saturated rings. The van der Waals surface area contributed by atoms with E-state index in [1.807, 2.05) is 24.3 Å². The molecule has 0 bridgehead atoms. The number of rotatable bonds is 7. The maximum atomic E-state index is 6.50. The molecule has 0 saturated carbocycles. The summed E-state index contributed by atoms with van der Waals surface area (Å²) in [6.45, 7) is 9.48. The molecule has 0 unspecified atom stereocenters. The summed E-state index contributed by atoms with van der Waals surface area (Å²) >= 11 is 0. The predicted molar refractivity (Wildman–Crippen MR) is 341 cm³/mol. The second kappa shape index (κ2) is 17.2. The van der Waals surface area contributed by atoms with Crippen molar-refractivity contribution in [3.05, 3.63) is 277 Å². The average molecular weight is 1050 g/mol. The van der Waals surface area contributed by atoms with E-state index in [0.717, 1.165) is 105 Å². The number of furan rings is 2. The van der Waals surface area contributed by atoms with Gasteiger partial charge in [0, 0.05) is 71.3 Å². The number of benzene rings is 12. The minimum Gasteiger partial charge on any atom is -0.456 e. The van der Waals surface area contributed by atoms with Crippen LogP contribution in [0.3, 0.4) is 0 Å². The summed E-state index contributed by atoms with van der Waals surface area (Å²) in [6, 6.07) is 93.8. The Kier molecular flexibility index (Phi) is 9.79. The lowest BCUT2D eigenvalue weighted by atomic mass is 9.82. The standard InChI is InChI=1S/C78H54N2O2/c1-77(2)66-22-10-6-18-61(66)75-67(77)23-14-24-71(75)79(54-38-39-57-56-15-5-9-21-65(56)78(3,4)68(57)46-54)52-34-27-47(28-35-52)49-31-40-69-62(43-49)63-44-50(51-33-42-74-64(45-51)59-17-8-11-25-72(59)81-74)32-41-70(63)80(69)53-36-29-48(30-37-53)55-19-13-20-60-58-16-7-12-26-73(58)82-76(55)60/h5-46H,1-4H3. The second-order valence-corrected chi connectivity index (χ2v) is 23.6. The van der Waals surface area contributed by atoms with Gasteiger partial charge in [0.15, 0.2) is 0 Å². The number of aromatic nitrogens is 1. The molecule has 0 radical (unpaired) electrons. The molecule has 15 aromatic rings. The van der Waals surface area contributed by atoms with Crippen molar-refractivity contribution in [2.75, 3.05) is 4.90 Å². The highest BCUT2D eigenvalue weighted by atomic mass is 16.3. The minimum atomic E-state index is -0.148. The molecule has 0 aliphatic heterocycles. The zero-order valence-electron chi connectivity index (χ0n) is 46.0. The third kappa shape index (κ3) is 6.73. The lowest BCUT2D eigenvalue weighted by Crippen LogP contribution is -2.17. The largest absolute Gasteiger partial charge is 0.456 e. The predicted octanol–water partition coefficient (Wildman–Crippen LogP) is 21.7. The zero-order valence-corrected chi connectivity index (χ0v) is 46.0. The van der Waals surface area contributed by atoms with E-state index in [0.29, 0.717) is 0 Å². The highest BCUT2D eigenvalue weighted by Gasteiger charge is 2.39. The maximum Gasteiger partial charge on any atom is 0.143 e. The van der Waals surface area contributed by atoms with Crippen LogP contribution in [0.4, 0.5) is 17.1 Å². The number of anilines is 3. The first kappa shape index (κ1) is 46.7. The molecule has 3 aromatic heterocycles. The van der Waals surface area contributed by atoms with Gasteiger partial charge >= 0.3 is 0 Å². The molecule has 2 aliphatic carbocycles. The van der Waals surface area contributed by atoms with Gasteiger partial charge in [-0.2, -0.15) is 0 Å². The third-order valence-corrected chi connectivity index (χ3v) is 18.4. The van der Waals surface area contributed by atoms with Crippen LogP contribution in [0.1, 0.15) is 49.9 Å². The number of para-hydroxylation sites is 3. The molecule has 0 amide bonds. The highest BCUT2D eigenvalue weighted by Crippen LogP contribution is 2.56. The Bertz CT molecular complexity index is 5160. The SMILES string of the molecule is CC1(C)c2ccccc2-c2ccc(N(c3ccc(-c4ccc5c(c4)c4cc(-c6ccc7oc8ccccc8c7c6)ccc4n5-c4ccc(-c5cccc6c5oc5ccccc56)cc4)cc3)c3cccc4c3-c3ccccc3C4(C)C)cc21. The molecule has 388 valence electrons. The minimum absolute atomic E-state index is 0.140. The Morgan fingerprint density at radius 3 is 1.56 bits per heavy atom. The van der Waals surface area contributed by atoms with Crippen molar-refractivity contribution in [2.24, 2.45) is 0 Å². The van der Waals surface area contributed by atoms with Crippen LogP contribution in [-0.2, 0) is 10.8 Å². The van der Waals surface area contributed by atoms with E-state index in [1.165, 1.54) is 61.0 Å². The lowest BCUT2D eigenvalue weighted by Gasteiger charge is -2.30. The molecule has 3 heterocycles. The Morgan fingerprint density at radius 1 is 0.317 bits per heavy atom. The number of fused-ring (bicyclic) bond motifs is 15. The summed E-state index contributed by atoms with van der Waals surface area (Å²) in [4.78, 5) is 2.50. The van der Waals surface area contributed by atoms with Crippen molar-refractivity contribution in [1.82, 2.24) is 4.57 Å². The van der Waals surface area contributed by atoms with Gasteiger partial charge in [-0.3, -0.25) is 0 Å². The van der Waals surface area contributed by atoms with E-state index in [4.69, 9.17) is 8.83 Å². The van der Waals surface area contributed by atoms with Crippen molar-refractivity contribution in [3.8, 4) is 61.3 Å². The first-order valence-electron chi connectivity index (χ1n) is 28.6. The molecular weight excluding hydrogens is 997 g/mol. The Morgan fingerprint density at radius 2 is 0.817 bits per heavy atom. The number of nitrogens with zero attached hydrogens (tertiary/aromatic N) is 2.